The Balaban J connectivity index is 2.12. The van der Waals surface area contributed by atoms with E-state index in [-0.39, 0.29) is 5.69 Å². The van der Waals surface area contributed by atoms with Crippen molar-refractivity contribution in [1.82, 2.24) is 9.78 Å². The lowest BCUT2D eigenvalue weighted by molar-refractivity contribution is 0.145. The second kappa shape index (κ2) is 4.21. The van der Waals surface area contributed by atoms with Crippen molar-refractivity contribution < 1.29 is 8.78 Å². The van der Waals surface area contributed by atoms with E-state index in [1.54, 1.807) is 6.20 Å². The summed E-state index contributed by atoms with van der Waals surface area (Å²) in [5.41, 5.74) is 0.868. The Morgan fingerprint density at radius 2 is 1.87 bits per heavy atom. The van der Waals surface area contributed by atoms with E-state index in [1.165, 1.54) is 10.7 Å². The highest BCUT2D eigenvalue weighted by molar-refractivity contribution is 5.15. The van der Waals surface area contributed by atoms with E-state index in [1.807, 2.05) is 30.3 Å². The number of aromatic nitrogens is 2. The lowest BCUT2D eigenvalue weighted by Gasteiger charge is -2.00. The molecule has 78 valence electrons. The molecule has 2 nitrogen and oxygen atoms in total. The van der Waals surface area contributed by atoms with Crippen LogP contribution in [0.15, 0.2) is 42.6 Å². The van der Waals surface area contributed by atoms with Gasteiger partial charge in [0.2, 0.25) is 0 Å². The molecule has 0 aliphatic rings. The van der Waals surface area contributed by atoms with Gasteiger partial charge in [0.15, 0.2) is 0 Å². The van der Waals surface area contributed by atoms with Crippen LogP contribution in [0, 0.1) is 0 Å². The molecule has 1 aromatic heterocycles. The van der Waals surface area contributed by atoms with Crippen molar-refractivity contribution >= 4 is 0 Å². The number of benzene rings is 1. The molecule has 0 spiro atoms. The standard InChI is InChI=1S/C11H10F2N2/c12-11(13)10-6-7-15(14-10)8-9-4-2-1-3-5-9/h1-7,11H,8H2. The van der Waals surface area contributed by atoms with Crippen LogP contribution in [0.5, 0.6) is 0 Å². The first-order valence-electron chi connectivity index (χ1n) is 4.61. The Labute approximate surface area is 86.2 Å². The van der Waals surface area contributed by atoms with Crippen molar-refractivity contribution in [2.45, 2.75) is 13.0 Å². The first kappa shape index (κ1) is 9.83. The Kier molecular flexibility index (Phi) is 2.76. The quantitative estimate of drug-likeness (QED) is 0.758. The molecule has 1 heterocycles. The van der Waals surface area contributed by atoms with E-state index in [9.17, 15) is 8.78 Å². The third-order valence-corrected chi connectivity index (χ3v) is 2.07. The van der Waals surface area contributed by atoms with Crippen LogP contribution in [-0.2, 0) is 6.54 Å². The largest absolute Gasteiger partial charge is 0.282 e. The van der Waals surface area contributed by atoms with Crippen molar-refractivity contribution in [2.75, 3.05) is 0 Å². The maximum Gasteiger partial charge on any atom is 0.282 e. The number of hydrogen-bond donors (Lipinski definition) is 0. The van der Waals surface area contributed by atoms with Crippen molar-refractivity contribution in [3.05, 3.63) is 53.9 Å². The van der Waals surface area contributed by atoms with Gasteiger partial charge in [-0.1, -0.05) is 30.3 Å². The molecule has 0 saturated heterocycles. The minimum absolute atomic E-state index is 0.175. The number of alkyl halides is 2. The Morgan fingerprint density at radius 3 is 2.47 bits per heavy atom. The van der Waals surface area contributed by atoms with Crippen LogP contribution in [0.1, 0.15) is 17.7 Å². The van der Waals surface area contributed by atoms with Gasteiger partial charge in [0.1, 0.15) is 5.69 Å². The number of halogens is 2. The molecule has 0 aliphatic heterocycles. The number of nitrogens with zero attached hydrogens (tertiary/aromatic N) is 2. The fraction of sp³-hybridized carbons (Fsp3) is 0.182. The topological polar surface area (TPSA) is 17.8 Å². The summed E-state index contributed by atoms with van der Waals surface area (Å²) in [4.78, 5) is 0. The van der Waals surface area contributed by atoms with Crippen molar-refractivity contribution in [3.8, 4) is 0 Å². The molecule has 0 fully saturated rings. The normalized spacial score (nSPS) is 10.9. The maximum atomic E-state index is 12.2. The predicted molar refractivity (Wildman–Crippen MR) is 52.7 cm³/mol. The fourth-order valence-corrected chi connectivity index (χ4v) is 1.35. The Bertz CT molecular complexity index is 423. The summed E-state index contributed by atoms with van der Waals surface area (Å²) in [7, 11) is 0. The van der Waals surface area contributed by atoms with Gasteiger partial charge in [-0.3, -0.25) is 4.68 Å². The molecule has 0 atom stereocenters. The molecule has 1 aromatic carbocycles. The highest BCUT2D eigenvalue weighted by Crippen LogP contribution is 2.15. The first-order valence-corrected chi connectivity index (χ1v) is 4.61. The molecule has 0 bridgehead atoms. The summed E-state index contributed by atoms with van der Waals surface area (Å²) in [6.07, 6.45) is -0.934. The van der Waals surface area contributed by atoms with Gasteiger partial charge in [-0.2, -0.15) is 5.10 Å². The highest BCUT2D eigenvalue weighted by atomic mass is 19.3. The van der Waals surface area contributed by atoms with E-state index in [0.717, 1.165) is 5.56 Å². The van der Waals surface area contributed by atoms with E-state index >= 15 is 0 Å². The summed E-state index contributed by atoms with van der Waals surface area (Å²) in [6, 6.07) is 10.9. The van der Waals surface area contributed by atoms with Crippen LogP contribution in [0.2, 0.25) is 0 Å². The molecule has 15 heavy (non-hydrogen) atoms. The van der Waals surface area contributed by atoms with Gasteiger partial charge < -0.3 is 0 Å². The van der Waals surface area contributed by atoms with Crippen LogP contribution < -0.4 is 0 Å². The van der Waals surface area contributed by atoms with Crippen molar-refractivity contribution in [1.29, 1.82) is 0 Å². The molecule has 0 N–H and O–H groups in total. The van der Waals surface area contributed by atoms with Crippen molar-refractivity contribution in [3.63, 3.8) is 0 Å². The number of rotatable bonds is 3. The molecule has 0 aliphatic carbocycles. The molecule has 4 heteroatoms. The molecule has 0 unspecified atom stereocenters. The first-order chi connectivity index (χ1) is 7.25. The van der Waals surface area contributed by atoms with Gasteiger partial charge in [0.05, 0.1) is 6.54 Å². The van der Waals surface area contributed by atoms with Gasteiger partial charge >= 0.3 is 0 Å². The van der Waals surface area contributed by atoms with Gasteiger partial charge in [0.25, 0.3) is 6.43 Å². The summed E-state index contributed by atoms with van der Waals surface area (Å²) in [6.45, 7) is 0.521. The van der Waals surface area contributed by atoms with E-state index in [0.29, 0.717) is 6.54 Å². The van der Waals surface area contributed by atoms with Gasteiger partial charge in [-0.05, 0) is 11.6 Å². The lowest BCUT2D eigenvalue weighted by atomic mass is 10.2. The second-order valence-corrected chi connectivity index (χ2v) is 3.22. The summed E-state index contributed by atoms with van der Waals surface area (Å²) >= 11 is 0. The predicted octanol–water partition coefficient (Wildman–Crippen LogP) is 2.87. The van der Waals surface area contributed by atoms with Gasteiger partial charge in [-0.15, -0.1) is 0 Å². The zero-order chi connectivity index (χ0) is 10.7. The van der Waals surface area contributed by atoms with Crippen LogP contribution in [0.25, 0.3) is 0 Å². The molecule has 2 aromatic rings. The van der Waals surface area contributed by atoms with Crippen LogP contribution in [0.3, 0.4) is 0 Å². The van der Waals surface area contributed by atoms with Crippen LogP contribution in [-0.4, -0.2) is 9.78 Å². The molecular weight excluding hydrogens is 198 g/mol. The molecular formula is C11H10F2N2. The molecule has 0 amide bonds. The molecule has 0 saturated carbocycles. The zero-order valence-corrected chi connectivity index (χ0v) is 7.98. The van der Waals surface area contributed by atoms with Gasteiger partial charge in [0, 0.05) is 6.20 Å². The minimum Gasteiger partial charge on any atom is -0.268 e. The average Bonchev–Trinajstić information content (AvgIpc) is 2.68. The van der Waals surface area contributed by atoms with E-state index in [2.05, 4.69) is 5.10 Å². The van der Waals surface area contributed by atoms with Gasteiger partial charge in [-0.25, -0.2) is 8.78 Å². The Morgan fingerprint density at radius 1 is 1.13 bits per heavy atom. The lowest BCUT2D eigenvalue weighted by Crippen LogP contribution is -2.00. The number of hydrogen-bond acceptors (Lipinski definition) is 1. The van der Waals surface area contributed by atoms with E-state index in [4.69, 9.17) is 0 Å². The van der Waals surface area contributed by atoms with Crippen molar-refractivity contribution in [2.24, 2.45) is 0 Å². The fourth-order valence-electron chi connectivity index (χ4n) is 1.35. The van der Waals surface area contributed by atoms with Crippen LogP contribution >= 0.6 is 0 Å². The average molecular weight is 208 g/mol. The minimum atomic E-state index is -2.50. The summed E-state index contributed by atoms with van der Waals surface area (Å²) in [5, 5.41) is 3.77. The van der Waals surface area contributed by atoms with E-state index < -0.39 is 6.43 Å². The maximum absolute atomic E-state index is 12.2. The molecule has 2 rings (SSSR count). The summed E-state index contributed by atoms with van der Waals surface area (Å²) < 4.78 is 26.0. The SMILES string of the molecule is FC(F)c1ccn(Cc2ccccc2)n1. The third kappa shape index (κ3) is 2.40. The monoisotopic (exact) mass is 208 g/mol. The van der Waals surface area contributed by atoms with Crippen LogP contribution in [0.4, 0.5) is 8.78 Å². The zero-order valence-electron chi connectivity index (χ0n) is 7.98. The highest BCUT2D eigenvalue weighted by Gasteiger charge is 2.10. The second-order valence-electron chi connectivity index (χ2n) is 3.22. The molecule has 0 radical (unpaired) electrons. The third-order valence-electron chi connectivity index (χ3n) is 2.07. The smallest absolute Gasteiger partial charge is 0.268 e. The Hall–Kier alpha value is -1.71. The summed E-state index contributed by atoms with van der Waals surface area (Å²) in [5.74, 6) is 0.